The molecule has 0 heterocycles. The molecule has 0 radical (unpaired) electrons. The summed E-state index contributed by atoms with van der Waals surface area (Å²) in [6.45, 7) is 1.30. The number of para-hydroxylation sites is 1. The number of primary amides is 1. The summed E-state index contributed by atoms with van der Waals surface area (Å²) < 4.78 is 29.8. The Morgan fingerprint density at radius 1 is 1.07 bits per heavy atom. The van der Waals surface area contributed by atoms with E-state index in [1.807, 2.05) is 5.32 Å². The quantitative estimate of drug-likeness (QED) is 0.477. The molecule has 148 valence electrons. The first-order chi connectivity index (χ1) is 13.3. The minimum Gasteiger partial charge on any atom is -0.449 e. The van der Waals surface area contributed by atoms with Gasteiger partial charge in [0.05, 0.1) is 11.3 Å². The number of benzene rings is 2. The molecule has 0 spiro atoms. The predicted molar refractivity (Wildman–Crippen MR) is 101 cm³/mol. The number of carbonyl (C=O) groups excluding carboxylic acids is 3. The van der Waals surface area contributed by atoms with Gasteiger partial charge in [0.15, 0.2) is 6.10 Å². The Bertz CT molecular complexity index is 862. The smallest absolute Gasteiger partial charge is 0.341 e. The monoisotopic (exact) mass is 409 g/mol. The van der Waals surface area contributed by atoms with Gasteiger partial charge in [-0.1, -0.05) is 23.9 Å². The maximum Gasteiger partial charge on any atom is 0.341 e. The number of amides is 3. The topological polar surface area (TPSA) is 111 Å². The fourth-order valence-electron chi connectivity index (χ4n) is 2.15. The summed E-state index contributed by atoms with van der Waals surface area (Å²) in [5.41, 5.74) is 5.96. The summed E-state index contributed by atoms with van der Waals surface area (Å²) in [6.07, 6.45) is -1.24. The number of esters is 1. The van der Waals surface area contributed by atoms with Gasteiger partial charge in [0, 0.05) is 10.6 Å². The number of nitrogens with one attached hydrogen (secondary N) is 2. The number of anilines is 2. The average Bonchev–Trinajstić information content (AvgIpc) is 2.62. The zero-order valence-corrected chi connectivity index (χ0v) is 15.5. The van der Waals surface area contributed by atoms with E-state index in [2.05, 4.69) is 5.32 Å². The molecule has 1 atom stereocenters. The SMILES string of the molecule is C[C@H](OC(=O)c1ccccc1Nc1ccc(SC(F)F)cc1)C(=O)NC(N)=O. The molecule has 0 saturated carbocycles. The van der Waals surface area contributed by atoms with Crippen LogP contribution in [0, 0.1) is 0 Å². The molecule has 3 amide bonds. The molecule has 2 aromatic carbocycles. The number of thioether (sulfide) groups is 1. The van der Waals surface area contributed by atoms with Crippen LogP contribution >= 0.6 is 11.8 Å². The molecule has 0 saturated heterocycles. The summed E-state index contributed by atoms with van der Waals surface area (Å²) in [6, 6.07) is 11.6. The molecule has 10 heteroatoms. The van der Waals surface area contributed by atoms with Crippen molar-refractivity contribution in [2.24, 2.45) is 5.73 Å². The van der Waals surface area contributed by atoms with Gasteiger partial charge in [0.2, 0.25) is 0 Å². The van der Waals surface area contributed by atoms with Gasteiger partial charge in [0.1, 0.15) is 0 Å². The second-order valence-electron chi connectivity index (χ2n) is 5.47. The van der Waals surface area contributed by atoms with Crippen LogP contribution in [0.3, 0.4) is 0 Å². The fourth-order valence-corrected chi connectivity index (χ4v) is 2.64. The van der Waals surface area contributed by atoms with Gasteiger partial charge in [0.25, 0.3) is 11.7 Å². The van der Waals surface area contributed by atoms with Crippen LogP contribution < -0.4 is 16.4 Å². The largest absolute Gasteiger partial charge is 0.449 e. The van der Waals surface area contributed by atoms with Crippen LogP contribution in [0.1, 0.15) is 17.3 Å². The van der Waals surface area contributed by atoms with Gasteiger partial charge >= 0.3 is 12.0 Å². The first-order valence-electron chi connectivity index (χ1n) is 7.98. The number of hydrogen-bond acceptors (Lipinski definition) is 6. The van der Waals surface area contributed by atoms with Crippen LogP contribution in [-0.4, -0.2) is 29.8 Å². The second-order valence-corrected chi connectivity index (χ2v) is 6.54. The lowest BCUT2D eigenvalue weighted by atomic mass is 10.1. The zero-order chi connectivity index (χ0) is 20.7. The van der Waals surface area contributed by atoms with Crippen LogP contribution in [0.15, 0.2) is 53.4 Å². The number of alkyl halides is 2. The van der Waals surface area contributed by atoms with E-state index in [1.54, 1.807) is 30.3 Å². The lowest BCUT2D eigenvalue weighted by Gasteiger charge is -2.15. The van der Waals surface area contributed by atoms with Crippen molar-refractivity contribution in [1.29, 1.82) is 0 Å². The van der Waals surface area contributed by atoms with Crippen molar-refractivity contribution < 1.29 is 27.9 Å². The highest BCUT2D eigenvalue weighted by atomic mass is 32.2. The van der Waals surface area contributed by atoms with Crippen molar-refractivity contribution >= 4 is 41.0 Å². The molecule has 2 aromatic rings. The van der Waals surface area contributed by atoms with Crippen molar-refractivity contribution in [3.63, 3.8) is 0 Å². The van der Waals surface area contributed by atoms with Crippen LogP contribution in [-0.2, 0) is 9.53 Å². The van der Waals surface area contributed by atoms with E-state index in [0.717, 1.165) is 0 Å². The number of hydrogen-bond donors (Lipinski definition) is 3. The third kappa shape index (κ3) is 6.23. The third-order valence-corrected chi connectivity index (χ3v) is 4.13. The second kappa shape index (κ2) is 9.70. The summed E-state index contributed by atoms with van der Waals surface area (Å²) >= 11 is 0.429. The highest BCUT2D eigenvalue weighted by molar-refractivity contribution is 7.99. The maximum absolute atomic E-state index is 12.4. The highest BCUT2D eigenvalue weighted by Crippen LogP contribution is 2.28. The van der Waals surface area contributed by atoms with Crippen molar-refractivity contribution in [1.82, 2.24) is 5.32 Å². The molecule has 0 bridgehead atoms. The molecule has 0 aromatic heterocycles. The normalized spacial score (nSPS) is 11.6. The van der Waals surface area contributed by atoms with E-state index in [-0.39, 0.29) is 5.56 Å². The Hall–Kier alpha value is -3.14. The summed E-state index contributed by atoms with van der Waals surface area (Å²) in [5.74, 6) is -4.15. The number of ether oxygens (including phenoxy) is 1. The van der Waals surface area contributed by atoms with Gasteiger partial charge in [-0.15, -0.1) is 0 Å². The molecule has 0 aliphatic rings. The fraction of sp³-hybridized carbons (Fsp3) is 0.167. The van der Waals surface area contributed by atoms with E-state index in [4.69, 9.17) is 10.5 Å². The molecule has 2 rings (SSSR count). The van der Waals surface area contributed by atoms with Crippen molar-refractivity contribution in [3.8, 4) is 0 Å². The number of halogens is 2. The highest BCUT2D eigenvalue weighted by Gasteiger charge is 2.21. The van der Waals surface area contributed by atoms with E-state index < -0.39 is 29.8 Å². The number of imide groups is 1. The Morgan fingerprint density at radius 2 is 1.71 bits per heavy atom. The lowest BCUT2D eigenvalue weighted by Crippen LogP contribution is -2.42. The Kier molecular flexibility index (Phi) is 7.33. The standard InChI is InChI=1S/C18H17F2N3O4S/c1-10(15(24)23-18(21)26)27-16(25)13-4-2-3-5-14(13)22-11-6-8-12(9-7-11)28-17(19)20/h2-10,17,22H,1H3,(H3,21,23,24,26)/t10-/m0/s1. The van der Waals surface area contributed by atoms with Crippen LogP contribution in [0.2, 0.25) is 0 Å². The Morgan fingerprint density at radius 3 is 2.32 bits per heavy atom. The van der Waals surface area contributed by atoms with E-state index in [0.29, 0.717) is 28.0 Å². The third-order valence-electron chi connectivity index (χ3n) is 3.40. The molecule has 0 unspecified atom stereocenters. The number of carbonyl (C=O) groups is 3. The van der Waals surface area contributed by atoms with Gasteiger partial charge in [-0.05, 0) is 43.3 Å². The van der Waals surface area contributed by atoms with Gasteiger partial charge in [-0.2, -0.15) is 8.78 Å². The maximum atomic E-state index is 12.4. The van der Waals surface area contributed by atoms with Crippen molar-refractivity contribution in [2.75, 3.05) is 5.32 Å². The Labute approximate surface area is 163 Å². The number of rotatable bonds is 7. The van der Waals surface area contributed by atoms with E-state index in [9.17, 15) is 23.2 Å². The van der Waals surface area contributed by atoms with Crippen molar-refractivity contribution in [2.45, 2.75) is 23.7 Å². The molecule has 0 aliphatic heterocycles. The molecule has 0 aliphatic carbocycles. The molecule has 7 nitrogen and oxygen atoms in total. The lowest BCUT2D eigenvalue weighted by molar-refractivity contribution is -0.127. The summed E-state index contributed by atoms with van der Waals surface area (Å²) in [7, 11) is 0. The number of nitrogens with two attached hydrogens (primary N) is 1. The minimum absolute atomic E-state index is 0.146. The molecular formula is C18H17F2N3O4S. The summed E-state index contributed by atoms with van der Waals surface area (Å²) in [5, 5.41) is 4.82. The minimum atomic E-state index is -2.51. The molecule has 0 fully saturated rings. The molecule has 4 N–H and O–H groups in total. The molecular weight excluding hydrogens is 392 g/mol. The van der Waals surface area contributed by atoms with E-state index in [1.165, 1.54) is 25.1 Å². The first kappa shape index (κ1) is 21.2. The zero-order valence-electron chi connectivity index (χ0n) is 14.6. The summed E-state index contributed by atoms with van der Waals surface area (Å²) in [4.78, 5) is 35.1. The average molecular weight is 409 g/mol. The predicted octanol–water partition coefficient (Wildman–Crippen LogP) is 3.49. The number of urea groups is 1. The van der Waals surface area contributed by atoms with Gasteiger partial charge < -0.3 is 15.8 Å². The van der Waals surface area contributed by atoms with Crippen LogP contribution in [0.5, 0.6) is 0 Å². The molecule has 28 heavy (non-hydrogen) atoms. The first-order valence-corrected chi connectivity index (χ1v) is 8.86. The van der Waals surface area contributed by atoms with Crippen LogP contribution in [0.4, 0.5) is 25.0 Å². The van der Waals surface area contributed by atoms with Crippen LogP contribution in [0.25, 0.3) is 0 Å². The van der Waals surface area contributed by atoms with E-state index >= 15 is 0 Å². The van der Waals surface area contributed by atoms with Gasteiger partial charge in [-0.25, -0.2) is 9.59 Å². The Balaban J connectivity index is 2.10. The van der Waals surface area contributed by atoms with Gasteiger partial charge in [-0.3, -0.25) is 10.1 Å². The van der Waals surface area contributed by atoms with Crippen molar-refractivity contribution in [3.05, 3.63) is 54.1 Å².